The second kappa shape index (κ2) is 11.3. The molecule has 1 aromatic heterocycles. The Bertz CT molecular complexity index is 1230. The third-order valence-electron chi connectivity index (χ3n) is 4.39. The number of amides is 3. The van der Waals surface area contributed by atoms with E-state index < -0.39 is 17.8 Å². The molecule has 0 saturated heterocycles. The van der Waals surface area contributed by atoms with Crippen molar-refractivity contribution in [1.82, 2.24) is 4.98 Å². The number of anilines is 2. The molecule has 0 saturated carbocycles. The number of H-pyrrole nitrogens is 1. The molecule has 3 rings (SSSR count). The first kappa shape index (κ1) is 24.1. The number of allylic oxidation sites excluding steroid dienone is 2. The number of aromatic nitrogens is 1. The van der Waals surface area contributed by atoms with Crippen molar-refractivity contribution in [3.63, 3.8) is 0 Å². The van der Waals surface area contributed by atoms with Gasteiger partial charge in [-0.3, -0.25) is 4.79 Å². The van der Waals surface area contributed by atoms with E-state index in [1.807, 2.05) is 32.9 Å². The van der Waals surface area contributed by atoms with Crippen molar-refractivity contribution in [3.05, 3.63) is 82.8 Å². The molecule has 0 aliphatic heterocycles. The Morgan fingerprint density at radius 2 is 1.72 bits per heavy atom. The Balaban J connectivity index is 0.00000176. The molecule has 0 unspecified atom stereocenters. The molecule has 0 aliphatic rings. The summed E-state index contributed by atoms with van der Waals surface area (Å²) in [7, 11) is 0. The van der Waals surface area contributed by atoms with Crippen LogP contribution in [0.3, 0.4) is 0 Å². The van der Waals surface area contributed by atoms with Crippen molar-refractivity contribution < 1.29 is 14.0 Å². The summed E-state index contributed by atoms with van der Waals surface area (Å²) in [5.41, 5.74) is 7.66. The normalized spacial score (nSPS) is 11.1. The zero-order valence-electron chi connectivity index (χ0n) is 18.3. The van der Waals surface area contributed by atoms with Crippen molar-refractivity contribution >= 4 is 36.0 Å². The Labute approximate surface area is 186 Å². The van der Waals surface area contributed by atoms with E-state index in [0.717, 1.165) is 0 Å². The van der Waals surface area contributed by atoms with Crippen molar-refractivity contribution in [1.29, 1.82) is 0 Å². The molecule has 0 spiro atoms. The van der Waals surface area contributed by atoms with Crippen LogP contribution < -0.4 is 26.9 Å². The quantitative estimate of drug-likeness (QED) is 0.480. The van der Waals surface area contributed by atoms with E-state index in [0.29, 0.717) is 27.4 Å². The highest BCUT2D eigenvalue weighted by atomic mass is 19.1. The highest BCUT2D eigenvalue weighted by Gasteiger charge is 2.15. The van der Waals surface area contributed by atoms with Gasteiger partial charge in [0.05, 0.1) is 5.69 Å². The zero-order valence-corrected chi connectivity index (χ0v) is 18.3. The van der Waals surface area contributed by atoms with Crippen molar-refractivity contribution in [2.24, 2.45) is 5.73 Å². The minimum absolute atomic E-state index is 0.0802. The van der Waals surface area contributed by atoms with Crippen molar-refractivity contribution in [3.8, 4) is 11.1 Å². The molecule has 2 aromatic carbocycles. The fourth-order valence-corrected chi connectivity index (χ4v) is 2.96. The van der Waals surface area contributed by atoms with Gasteiger partial charge in [0.2, 0.25) is 0 Å². The number of rotatable bonds is 5. The molecule has 0 atom stereocenters. The first-order chi connectivity index (χ1) is 15.4. The van der Waals surface area contributed by atoms with Gasteiger partial charge in [-0.25, -0.2) is 9.18 Å². The van der Waals surface area contributed by atoms with Crippen molar-refractivity contribution in [2.45, 2.75) is 20.8 Å². The predicted octanol–water partition coefficient (Wildman–Crippen LogP) is 4.36. The first-order valence-electron chi connectivity index (χ1n) is 10.2. The predicted molar refractivity (Wildman–Crippen MR) is 129 cm³/mol. The summed E-state index contributed by atoms with van der Waals surface area (Å²) in [5, 5.41) is 6.41. The molecule has 32 heavy (non-hydrogen) atoms. The number of nitrogens with one attached hydrogen (secondary N) is 3. The number of hydrogen-bond acceptors (Lipinski definition) is 2. The highest BCUT2D eigenvalue weighted by molar-refractivity contribution is 6.00. The van der Waals surface area contributed by atoms with Crippen LogP contribution in [-0.2, 0) is 0 Å². The summed E-state index contributed by atoms with van der Waals surface area (Å²) in [6.45, 7) is 9.94. The van der Waals surface area contributed by atoms with Crippen LogP contribution in [0, 0.1) is 5.82 Å². The number of carbonyl (C=O) groups is 2. The van der Waals surface area contributed by atoms with Gasteiger partial charge < -0.3 is 21.4 Å². The largest absolute Gasteiger partial charge is 0.364 e. The van der Waals surface area contributed by atoms with Crippen LogP contribution in [0.5, 0.6) is 0 Å². The van der Waals surface area contributed by atoms with Gasteiger partial charge in [-0.2, -0.15) is 0 Å². The topological polar surface area (TPSA) is 100 Å². The molecule has 7 heteroatoms. The van der Waals surface area contributed by atoms with Gasteiger partial charge in [0.15, 0.2) is 0 Å². The van der Waals surface area contributed by atoms with Crippen LogP contribution in [0.4, 0.5) is 20.6 Å². The summed E-state index contributed by atoms with van der Waals surface area (Å²) >= 11 is 0. The summed E-state index contributed by atoms with van der Waals surface area (Å²) < 4.78 is 13.7. The number of hydrogen-bond donors (Lipinski definition) is 4. The lowest BCUT2D eigenvalue weighted by Crippen LogP contribution is -2.21. The maximum absolute atomic E-state index is 13.7. The summed E-state index contributed by atoms with van der Waals surface area (Å²) in [5.74, 6) is -1.12. The minimum atomic E-state index is -0.596. The number of benzene rings is 2. The third-order valence-corrected chi connectivity index (χ3v) is 4.39. The van der Waals surface area contributed by atoms with E-state index in [1.165, 1.54) is 18.2 Å². The molecule has 0 aliphatic carbocycles. The van der Waals surface area contributed by atoms with Crippen LogP contribution in [0.1, 0.15) is 31.3 Å². The summed E-state index contributed by atoms with van der Waals surface area (Å²) in [4.78, 5) is 27.0. The average Bonchev–Trinajstić information content (AvgIpc) is 3.12. The molecular formula is C25H27FN4O2. The molecule has 3 amide bonds. The number of nitrogens with two attached hydrogens (primary N) is 1. The first-order valence-corrected chi connectivity index (χ1v) is 10.2. The van der Waals surface area contributed by atoms with E-state index >= 15 is 0 Å². The van der Waals surface area contributed by atoms with E-state index in [-0.39, 0.29) is 11.4 Å². The number of urea groups is 1. The van der Waals surface area contributed by atoms with Gasteiger partial charge in [-0.1, -0.05) is 56.8 Å². The summed E-state index contributed by atoms with van der Waals surface area (Å²) in [6, 6.07) is 12.1. The molecule has 1 heterocycles. The number of para-hydroxylation sites is 1. The van der Waals surface area contributed by atoms with Gasteiger partial charge in [-0.05, 0) is 42.8 Å². The lowest BCUT2D eigenvalue weighted by Gasteiger charge is -2.09. The van der Waals surface area contributed by atoms with Crippen LogP contribution in [-0.4, -0.2) is 16.9 Å². The highest BCUT2D eigenvalue weighted by Crippen LogP contribution is 2.21. The second-order valence-corrected chi connectivity index (χ2v) is 6.46. The average molecular weight is 435 g/mol. The number of aromatic amines is 1. The van der Waals surface area contributed by atoms with Gasteiger partial charge in [-0.15, -0.1) is 0 Å². The maximum Gasteiger partial charge on any atom is 0.323 e. The lowest BCUT2D eigenvalue weighted by molar-refractivity contribution is 0.0996. The molecule has 6 nitrogen and oxygen atoms in total. The second-order valence-electron chi connectivity index (χ2n) is 6.46. The van der Waals surface area contributed by atoms with Gasteiger partial charge >= 0.3 is 6.03 Å². The van der Waals surface area contributed by atoms with Crippen molar-refractivity contribution in [2.75, 3.05) is 10.6 Å². The smallest absolute Gasteiger partial charge is 0.323 e. The Kier molecular flexibility index (Phi) is 8.53. The van der Waals surface area contributed by atoms with E-state index in [2.05, 4.69) is 22.2 Å². The molecule has 0 fully saturated rings. The minimum Gasteiger partial charge on any atom is -0.364 e. The molecule has 5 N–H and O–H groups in total. The van der Waals surface area contributed by atoms with Crippen LogP contribution in [0.15, 0.2) is 60.7 Å². The maximum atomic E-state index is 13.7. The molecule has 0 bridgehead atoms. The van der Waals surface area contributed by atoms with E-state index in [4.69, 9.17) is 5.73 Å². The SMILES string of the molecule is C=c1c(-c2ccc(NC(=O)Nc3ccccc3F)cc2)c(C(N)=O)[nH]/c1=C/C=C\C.CC. The Morgan fingerprint density at radius 3 is 2.31 bits per heavy atom. The molecule has 3 aromatic rings. The van der Waals surface area contributed by atoms with Crippen LogP contribution in [0.25, 0.3) is 23.8 Å². The lowest BCUT2D eigenvalue weighted by atomic mass is 10.0. The van der Waals surface area contributed by atoms with Gasteiger partial charge in [0, 0.05) is 21.8 Å². The van der Waals surface area contributed by atoms with Crippen LogP contribution in [0.2, 0.25) is 0 Å². The number of carbonyl (C=O) groups excluding carboxylic acids is 2. The van der Waals surface area contributed by atoms with E-state index in [9.17, 15) is 14.0 Å². The van der Waals surface area contributed by atoms with E-state index in [1.54, 1.807) is 36.4 Å². The molecule has 0 radical (unpaired) electrons. The molecule has 166 valence electrons. The number of halogens is 1. The zero-order chi connectivity index (χ0) is 23.7. The standard InChI is InChI=1S/C23H21FN4O2.C2H6/c1-3-4-8-18-14(2)20(21(27-18)22(25)29)15-10-12-16(13-11-15)26-23(30)28-19-9-6-5-7-17(19)24;1-2/h3-13,27H,2H2,1H3,(H2,25,29)(H2,26,28,30);1-2H3/b4-3-,18-8+;. The van der Waals surface area contributed by atoms with Gasteiger partial charge in [0.25, 0.3) is 5.91 Å². The monoisotopic (exact) mass is 434 g/mol. The Morgan fingerprint density at radius 1 is 1.06 bits per heavy atom. The fourth-order valence-electron chi connectivity index (χ4n) is 2.96. The third kappa shape index (κ3) is 5.72. The van der Waals surface area contributed by atoms with Crippen LogP contribution >= 0.6 is 0 Å². The Hall–Kier alpha value is -4.13. The fraction of sp³-hybridized carbons (Fsp3) is 0.120. The van der Waals surface area contributed by atoms with Gasteiger partial charge in [0.1, 0.15) is 11.5 Å². The molecular weight excluding hydrogens is 407 g/mol. The summed E-state index contributed by atoms with van der Waals surface area (Å²) in [6.07, 6.45) is 5.49. The number of primary amides is 1.